The van der Waals surface area contributed by atoms with Gasteiger partial charge >= 0.3 is 26.2 Å². The summed E-state index contributed by atoms with van der Waals surface area (Å²) in [6.07, 6.45) is 0. The molecule has 0 nitrogen and oxygen atoms in total. The van der Waals surface area contributed by atoms with E-state index in [1.807, 2.05) is 0 Å². The van der Waals surface area contributed by atoms with Crippen molar-refractivity contribution in [1.82, 2.24) is 0 Å². The molecule has 8 rings (SSSR count). The van der Waals surface area contributed by atoms with Gasteiger partial charge in [-0.1, -0.05) is 135 Å². The van der Waals surface area contributed by atoms with Crippen LogP contribution < -0.4 is 0 Å². The van der Waals surface area contributed by atoms with Crippen LogP contribution in [0.3, 0.4) is 0 Å². The minimum Gasteiger partial charge on any atom is -0.165 e. The van der Waals surface area contributed by atoms with E-state index in [-0.39, 0.29) is 26.2 Å². The number of hydrogen-bond acceptors (Lipinski definition) is 0. The topological polar surface area (TPSA) is 0 Å². The fourth-order valence-electron chi connectivity index (χ4n) is 6.16. The van der Waals surface area contributed by atoms with Gasteiger partial charge in [-0.15, -0.1) is 69.1 Å². The third-order valence-corrected chi connectivity index (χ3v) is 7.95. The molecule has 0 saturated carbocycles. The first-order chi connectivity index (χ1) is 21.1. The molecule has 0 atom stereocenters. The summed E-state index contributed by atoms with van der Waals surface area (Å²) >= 11 is 0. The summed E-state index contributed by atoms with van der Waals surface area (Å²) in [6, 6.07) is 52.5. The van der Waals surface area contributed by atoms with E-state index in [4.69, 9.17) is 0 Å². The van der Waals surface area contributed by atoms with Gasteiger partial charge in [0.1, 0.15) is 0 Å². The van der Waals surface area contributed by atoms with Gasteiger partial charge in [0.15, 0.2) is 0 Å². The van der Waals surface area contributed by atoms with E-state index in [9.17, 15) is 0 Å². The van der Waals surface area contributed by atoms with Gasteiger partial charge in [0.2, 0.25) is 0 Å². The minimum absolute atomic E-state index is 0. The van der Waals surface area contributed by atoms with E-state index in [0.717, 1.165) is 9.52 Å². The van der Waals surface area contributed by atoms with E-state index >= 15 is 0 Å². The molecule has 0 aromatic heterocycles. The molecule has 0 N–H and O–H groups in total. The Hall–Kier alpha value is -3.84. The summed E-state index contributed by atoms with van der Waals surface area (Å²) in [7, 11) is 0.750. The standard InChI is InChI=1S/2C20H15.C2H7Si.Zr/c2*1-14-12-16-8-5-11-19(20(16)13-14)18-10-4-7-15-6-2-3-9-17(15)18;1-3-2;/h2*2-13H,1H3;3H,1-2H3;/q2*-1;;+3. The molecule has 8 aromatic carbocycles. The predicted octanol–water partition coefficient (Wildman–Crippen LogP) is 11.9. The van der Waals surface area contributed by atoms with Crippen molar-refractivity contribution in [1.29, 1.82) is 0 Å². The van der Waals surface area contributed by atoms with Gasteiger partial charge in [0, 0.05) is 9.52 Å². The molecular weight excluding hydrogens is 624 g/mol. The van der Waals surface area contributed by atoms with Crippen LogP contribution in [0.5, 0.6) is 0 Å². The maximum absolute atomic E-state index is 2.28. The summed E-state index contributed by atoms with van der Waals surface area (Å²) in [5.41, 5.74) is 7.94. The first-order valence-electron chi connectivity index (χ1n) is 15.1. The Bertz CT molecular complexity index is 2000. The van der Waals surface area contributed by atoms with Gasteiger partial charge in [-0.25, -0.2) is 0 Å². The molecule has 8 aromatic rings. The quantitative estimate of drug-likeness (QED) is 0.128. The second-order valence-electron chi connectivity index (χ2n) is 11.3. The Morgan fingerprint density at radius 1 is 0.409 bits per heavy atom. The van der Waals surface area contributed by atoms with Gasteiger partial charge < -0.3 is 0 Å². The zero-order chi connectivity index (χ0) is 29.8. The van der Waals surface area contributed by atoms with E-state index < -0.39 is 0 Å². The molecule has 212 valence electrons. The van der Waals surface area contributed by atoms with Crippen molar-refractivity contribution in [2.75, 3.05) is 0 Å². The molecule has 0 unspecified atom stereocenters. The Kier molecular flexibility index (Phi) is 10.3. The van der Waals surface area contributed by atoms with Crippen molar-refractivity contribution >= 4 is 52.6 Å². The number of hydrogen-bond donors (Lipinski definition) is 0. The SMILES string of the molecule is C[SiH]C.Cc1cc2c(-c3cccc4ccccc34)cccc2[cH-]1.Cc1cc2c(-c3cccc4ccccc34)cccc2[cH-]1.[Zr+3]. The zero-order valence-corrected chi connectivity index (χ0v) is 29.5. The molecule has 0 aliphatic carbocycles. The molecule has 0 amide bonds. The molecule has 0 spiro atoms. The van der Waals surface area contributed by atoms with Crippen LogP contribution in [0.4, 0.5) is 0 Å². The molecule has 44 heavy (non-hydrogen) atoms. The fourth-order valence-corrected chi connectivity index (χ4v) is 6.16. The molecule has 0 fully saturated rings. The van der Waals surface area contributed by atoms with Crippen LogP contribution in [0.25, 0.3) is 65.3 Å². The smallest absolute Gasteiger partial charge is 0.165 e. The van der Waals surface area contributed by atoms with Gasteiger partial charge in [-0.3, -0.25) is 0 Å². The molecular formula is C42H37SiZr+. The van der Waals surface area contributed by atoms with Gasteiger partial charge in [-0.05, 0) is 32.7 Å². The molecule has 0 saturated heterocycles. The summed E-state index contributed by atoms with van der Waals surface area (Å²) in [5, 5.41) is 10.6. The first-order valence-corrected chi connectivity index (χ1v) is 17.4. The maximum Gasteiger partial charge on any atom is 3.00 e. The molecule has 2 radical (unpaired) electrons. The van der Waals surface area contributed by atoms with Crippen molar-refractivity contribution in [2.45, 2.75) is 26.9 Å². The average Bonchev–Trinajstić information content (AvgIpc) is 3.62. The van der Waals surface area contributed by atoms with Crippen molar-refractivity contribution in [3.63, 3.8) is 0 Å². The normalized spacial score (nSPS) is 10.6. The minimum atomic E-state index is 0. The summed E-state index contributed by atoms with van der Waals surface area (Å²) in [4.78, 5) is 0. The van der Waals surface area contributed by atoms with E-state index in [2.05, 4.69) is 173 Å². The third-order valence-electron chi connectivity index (χ3n) is 7.95. The van der Waals surface area contributed by atoms with Crippen LogP contribution in [-0.2, 0) is 26.2 Å². The Morgan fingerprint density at radius 3 is 1.14 bits per heavy atom. The molecule has 0 heterocycles. The van der Waals surface area contributed by atoms with Crippen LogP contribution in [-0.4, -0.2) is 9.52 Å². The van der Waals surface area contributed by atoms with E-state index in [1.165, 1.54) is 76.5 Å². The van der Waals surface area contributed by atoms with Crippen LogP contribution >= 0.6 is 0 Å². The van der Waals surface area contributed by atoms with Crippen LogP contribution in [0, 0.1) is 13.8 Å². The molecule has 0 bridgehead atoms. The summed E-state index contributed by atoms with van der Waals surface area (Å²) in [5.74, 6) is 0. The van der Waals surface area contributed by atoms with Crippen LogP contribution in [0.15, 0.2) is 146 Å². The second kappa shape index (κ2) is 14.3. The van der Waals surface area contributed by atoms with Crippen LogP contribution in [0.1, 0.15) is 11.1 Å². The van der Waals surface area contributed by atoms with E-state index in [0.29, 0.717) is 0 Å². The largest absolute Gasteiger partial charge is 3.00 e. The Balaban J connectivity index is 0.000000157. The number of rotatable bonds is 2. The van der Waals surface area contributed by atoms with Crippen molar-refractivity contribution in [2.24, 2.45) is 0 Å². The predicted molar refractivity (Wildman–Crippen MR) is 193 cm³/mol. The van der Waals surface area contributed by atoms with Crippen molar-refractivity contribution in [3.05, 3.63) is 157 Å². The van der Waals surface area contributed by atoms with Gasteiger partial charge in [-0.2, -0.15) is 12.1 Å². The van der Waals surface area contributed by atoms with E-state index in [1.54, 1.807) is 0 Å². The van der Waals surface area contributed by atoms with Gasteiger partial charge in [0.25, 0.3) is 0 Å². The molecule has 0 aliphatic heterocycles. The molecule has 2 heteroatoms. The number of fused-ring (bicyclic) bond motifs is 4. The van der Waals surface area contributed by atoms with Gasteiger partial charge in [0.05, 0.1) is 0 Å². The number of aryl methyl sites for hydroxylation is 2. The van der Waals surface area contributed by atoms with Crippen LogP contribution in [0.2, 0.25) is 13.1 Å². The Labute approximate surface area is 283 Å². The zero-order valence-electron chi connectivity index (χ0n) is 25.9. The fraction of sp³-hybridized carbons (Fsp3) is 0.0952. The van der Waals surface area contributed by atoms with Crippen molar-refractivity contribution in [3.8, 4) is 22.3 Å². The number of benzene rings is 6. The Morgan fingerprint density at radius 2 is 0.727 bits per heavy atom. The maximum atomic E-state index is 2.28. The average molecular weight is 661 g/mol. The third kappa shape index (κ3) is 6.48. The molecule has 0 aliphatic rings. The van der Waals surface area contributed by atoms with Crippen molar-refractivity contribution < 1.29 is 26.2 Å². The summed E-state index contributed by atoms with van der Waals surface area (Å²) in [6.45, 7) is 8.74. The monoisotopic (exact) mass is 659 g/mol. The first kappa shape index (κ1) is 31.6. The summed E-state index contributed by atoms with van der Waals surface area (Å²) < 4.78 is 0. The second-order valence-corrected chi connectivity index (χ2v) is 12.5.